The van der Waals surface area contributed by atoms with Gasteiger partial charge in [-0.2, -0.15) is 0 Å². The Bertz CT molecular complexity index is 678. The summed E-state index contributed by atoms with van der Waals surface area (Å²) in [7, 11) is 0. The van der Waals surface area contributed by atoms with Gasteiger partial charge in [0.25, 0.3) is 0 Å². The minimum atomic E-state index is -0.638. The molecule has 0 radical (unpaired) electrons. The average molecular weight is 284 g/mol. The molecule has 0 unspecified atom stereocenters. The Morgan fingerprint density at radius 1 is 0.762 bits per heavy atom. The van der Waals surface area contributed by atoms with E-state index in [2.05, 4.69) is 4.74 Å². The summed E-state index contributed by atoms with van der Waals surface area (Å²) in [5.74, 6) is 0.0104. The Kier molecular flexibility index (Phi) is 3.55. The minimum Gasteiger partial charge on any atom is -0.490 e. The van der Waals surface area contributed by atoms with Crippen LogP contribution in [0.2, 0.25) is 0 Å². The largest absolute Gasteiger partial charge is 0.490 e. The van der Waals surface area contributed by atoms with E-state index in [1.165, 1.54) is 12.1 Å². The van der Waals surface area contributed by atoms with E-state index in [1.807, 2.05) is 30.3 Å². The van der Waals surface area contributed by atoms with E-state index in [0.29, 0.717) is 19.0 Å². The second-order valence-electron chi connectivity index (χ2n) is 4.39. The van der Waals surface area contributed by atoms with Crippen molar-refractivity contribution in [3.63, 3.8) is 0 Å². The lowest BCUT2D eigenvalue weighted by Crippen LogP contribution is -2.09. The van der Waals surface area contributed by atoms with Gasteiger partial charge in [-0.15, -0.1) is 0 Å². The molecular weight excluding hydrogens is 272 g/mol. The number of carbonyl (C=O) groups is 2. The maximum absolute atomic E-state index is 11.4. The minimum absolute atomic E-state index is 0.237. The number of rotatable bonds is 5. The Morgan fingerprint density at radius 2 is 1.43 bits per heavy atom. The van der Waals surface area contributed by atoms with Crippen LogP contribution in [0.1, 0.15) is 20.7 Å². The third-order valence-corrected chi connectivity index (χ3v) is 2.98. The third kappa shape index (κ3) is 2.86. The normalized spacial score (nSPS) is 12.8. The summed E-state index contributed by atoms with van der Waals surface area (Å²) in [6, 6.07) is 14.1. The van der Waals surface area contributed by atoms with Crippen molar-refractivity contribution in [3.8, 4) is 11.5 Å². The number of hydrogen-bond acceptors (Lipinski definition) is 5. The lowest BCUT2D eigenvalue weighted by atomic mass is 10.1. The van der Waals surface area contributed by atoms with Crippen molar-refractivity contribution >= 4 is 11.9 Å². The molecular formula is C16H12O5. The van der Waals surface area contributed by atoms with Gasteiger partial charge in [0.05, 0.1) is 11.1 Å². The summed E-state index contributed by atoms with van der Waals surface area (Å²) in [6.07, 6.45) is 0. The number of fused-ring (bicyclic) bond motifs is 1. The van der Waals surface area contributed by atoms with Crippen molar-refractivity contribution < 1.29 is 23.8 Å². The summed E-state index contributed by atoms with van der Waals surface area (Å²) in [5.41, 5.74) is 0.509. The van der Waals surface area contributed by atoms with Gasteiger partial charge in [-0.05, 0) is 30.3 Å². The van der Waals surface area contributed by atoms with Crippen LogP contribution in [0, 0.1) is 0 Å². The van der Waals surface area contributed by atoms with E-state index in [4.69, 9.17) is 9.47 Å². The SMILES string of the molecule is O=C1OC(=O)c2cc(OCCOc3ccccc3)ccc21. The van der Waals surface area contributed by atoms with Gasteiger partial charge in [-0.1, -0.05) is 18.2 Å². The molecule has 0 amide bonds. The molecule has 0 aromatic heterocycles. The number of cyclic esters (lactones) is 2. The standard InChI is InChI=1S/C16H12O5/c17-15-13-7-6-12(10-14(13)16(18)21-15)20-9-8-19-11-4-2-1-3-5-11/h1-7,10H,8-9H2. The lowest BCUT2D eigenvalue weighted by molar-refractivity contribution is 0.0443. The van der Waals surface area contributed by atoms with Gasteiger partial charge >= 0.3 is 11.9 Å². The molecule has 0 saturated carbocycles. The van der Waals surface area contributed by atoms with Gasteiger partial charge in [0.2, 0.25) is 0 Å². The van der Waals surface area contributed by atoms with Crippen LogP contribution >= 0.6 is 0 Å². The number of carbonyl (C=O) groups excluding carboxylic acids is 2. The van der Waals surface area contributed by atoms with Crippen molar-refractivity contribution in [1.82, 2.24) is 0 Å². The Balaban J connectivity index is 1.56. The van der Waals surface area contributed by atoms with Crippen LogP contribution in [0.25, 0.3) is 0 Å². The zero-order valence-electron chi connectivity index (χ0n) is 11.1. The van der Waals surface area contributed by atoms with Crippen LogP contribution in [-0.2, 0) is 4.74 Å². The number of hydrogen-bond donors (Lipinski definition) is 0. The molecule has 0 saturated heterocycles. The highest BCUT2D eigenvalue weighted by Crippen LogP contribution is 2.24. The van der Waals surface area contributed by atoms with Crippen LogP contribution in [0.15, 0.2) is 48.5 Å². The second kappa shape index (κ2) is 5.66. The first-order valence-electron chi connectivity index (χ1n) is 6.45. The monoisotopic (exact) mass is 284 g/mol. The van der Waals surface area contributed by atoms with Gasteiger partial charge in [-0.25, -0.2) is 9.59 Å². The maximum Gasteiger partial charge on any atom is 0.347 e. The van der Waals surface area contributed by atoms with Gasteiger partial charge in [-0.3, -0.25) is 0 Å². The number of benzene rings is 2. The topological polar surface area (TPSA) is 61.8 Å². The molecule has 0 aliphatic carbocycles. The highest BCUT2D eigenvalue weighted by Gasteiger charge is 2.29. The molecule has 5 nitrogen and oxygen atoms in total. The van der Waals surface area contributed by atoms with Crippen LogP contribution in [0.5, 0.6) is 11.5 Å². The molecule has 21 heavy (non-hydrogen) atoms. The van der Waals surface area contributed by atoms with Crippen molar-refractivity contribution in [2.75, 3.05) is 13.2 Å². The van der Waals surface area contributed by atoms with Gasteiger partial charge in [0.15, 0.2) is 0 Å². The molecule has 0 N–H and O–H groups in total. The zero-order chi connectivity index (χ0) is 14.7. The number of ether oxygens (including phenoxy) is 3. The molecule has 0 bridgehead atoms. The van der Waals surface area contributed by atoms with E-state index < -0.39 is 11.9 Å². The molecule has 2 aromatic carbocycles. The summed E-state index contributed by atoms with van der Waals surface area (Å²) < 4.78 is 15.5. The summed E-state index contributed by atoms with van der Waals surface area (Å²) in [5, 5.41) is 0. The first kappa shape index (κ1) is 13.2. The Hall–Kier alpha value is -2.82. The van der Waals surface area contributed by atoms with Crippen molar-refractivity contribution in [1.29, 1.82) is 0 Å². The first-order valence-corrected chi connectivity index (χ1v) is 6.45. The Morgan fingerprint density at radius 3 is 2.19 bits per heavy atom. The summed E-state index contributed by atoms with van der Waals surface area (Å²) in [4.78, 5) is 22.7. The first-order chi connectivity index (χ1) is 10.2. The fourth-order valence-electron chi connectivity index (χ4n) is 1.99. The molecule has 1 aliphatic rings. The smallest absolute Gasteiger partial charge is 0.347 e. The predicted molar refractivity (Wildman–Crippen MR) is 73.6 cm³/mol. The maximum atomic E-state index is 11.4. The molecule has 2 aromatic rings. The van der Waals surface area contributed by atoms with Crippen molar-refractivity contribution in [2.45, 2.75) is 0 Å². The number of para-hydroxylation sites is 1. The lowest BCUT2D eigenvalue weighted by Gasteiger charge is -2.08. The molecule has 1 heterocycles. The predicted octanol–water partition coefficient (Wildman–Crippen LogP) is 2.46. The molecule has 0 spiro atoms. The van der Waals surface area contributed by atoms with Crippen LogP contribution < -0.4 is 9.47 Å². The molecule has 3 rings (SSSR count). The summed E-state index contributed by atoms with van der Waals surface area (Å²) >= 11 is 0. The van der Waals surface area contributed by atoms with Crippen LogP contribution in [0.3, 0.4) is 0 Å². The van der Waals surface area contributed by atoms with Crippen molar-refractivity contribution in [3.05, 3.63) is 59.7 Å². The fourth-order valence-corrected chi connectivity index (χ4v) is 1.99. The van der Waals surface area contributed by atoms with Crippen LogP contribution in [0.4, 0.5) is 0 Å². The van der Waals surface area contributed by atoms with Gasteiger partial charge in [0.1, 0.15) is 24.7 Å². The average Bonchev–Trinajstić information content (AvgIpc) is 2.79. The number of esters is 2. The molecule has 106 valence electrons. The third-order valence-electron chi connectivity index (χ3n) is 2.98. The van der Waals surface area contributed by atoms with E-state index in [-0.39, 0.29) is 11.1 Å². The van der Waals surface area contributed by atoms with Crippen LogP contribution in [-0.4, -0.2) is 25.2 Å². The summed E-state index contributed by atoms with van der Waals surface area (Å²) in [6.45, 7) is 0.709. The molecule has 5 heteroatoms. The fraction of sp³-hybridized carbons (Fsp3) is 0.125. The zero-order valence-corrected chi connectivity index (χ0v) is 11.1. The molecule has 0 atom stereocenters. The van der Waals surface area contributed by atoms with E-state index >= 15 is 0 Å². The highest BCUT2D eigenvalue weighted by molar-refractivity contribution is 6.14. The van der Waals surface area contributed by atoms with E-state index in [0.717, 1.165) is 5.75 Å². The van der Waals surface area contributed by atoms with Gasteiger partial charge in [0, 0.05) is 0 Å². The van der Waals surface area contributed by atoms with Crippen molar-refractivity contribution in [2.24, 2.45) is 0 Å². The second-order valence-corrected chi connectivity index (χ2v) is 4.39. The van der Waals surface area contributed by atoms with Gasteiger partial charge < -0.3 is 14.2 Å². The quantitative estimate of drug-likeness (QED) is 0.479. The molecule has 0 fully saturated rings. The Labute approximate surface area is 121 Å². The highest BCUT2D eigenvalue weighted by atomic mass is 16.6. The van der Waals surface area contributed by atoms with E-state index in [9.17, 15) is 9.59 Å². The molecule has 1 aliphatic heterocycles. The van der Waals surface area contributed by atoms with E-state index in [1.54, 1.807) is 6.07 Å².